The van der Waals surface area contributed by atoms with E-state index in [4.69, 9.17) is 19.0 Å². The van der Waals surface area contributed by atoms with Gasteiger partial charge in [-0.1, -0.05) is 6.92 Å². The third-order valence-corrected chi connectivity index (χ3v) is 6.80. The lowest BCUT2D eigenvalue weighted by atomic mass is 10.1. The molecule has 1 N–H and O–H groups in total. The number of nitriles is 1. The number of nitrogens with zero attached hydrogens (tertiary/aromatic N) is 3. The summed E-state index contributed by atoms with van der Waals surface area (Å²) < 4.78 is 36.3. The van der Waals surface area contributed by atoms with E-state index in [0.717, 1.165) is 10.6 Å². The maximum atomic E-state index is 15.5. The standard InChI is InChI=1S/C19H30FN4O5P/c1-6-14-17(16(20)18(28-14)23-10-8-15(25)22-19(23)26)29-30(27-11-7-9-21)24(12(2)3)13(4)5/h8,10,12-14,16-18H,6-7,11H2,1-5H3,(H,22,25,26)/t14-,16+,17-,18-,30?/m0/s1. The van der Waals surface area contributed by atoms with Gasteiger partial charge in [-0.05, 0) is 34.1 Å². The molecule has 2 rings (SSSR count). The third-order valence-electron chi connectivity index (χ3n) is 4.67. The van der Waals surface area contributed by atoms with Crippen molar-refractivity contribution in [3.8, 4) is 6.07 Å². The monoisotopic (exact) mass is 444 g/mol. The van der Waals surface area contributed by atoms with Crippen LogP contribution in [0.2, 0.25) is 0 Å². The minimum Gasteiger partial charge on any atom is -0.349 e. The van der Waals surface area contributed by atoms with Crippen LogP contribution in [-0.2, 0) is 13.8 Å². The number of hydrogen-bond acceptors (Lipinski definition) is 7. The van der Waals surface area contributed by atoms with Crippen LogP contribution >= 0.6 is 8.53 Å². The Morgan fingerprint density at radius 3 is 2.57 bits per heavy atom. The van der Waals surface area contributed by atoms with Gasteiger partial charge in [-0.2, -0.15) is 5.26 Å². The summed E-state index contributed by atoms with van der Waals surface area (Å²) in [5.41, 5.74) is -1.31. The Kier molecular flexibility index (Phi) is 9.13. The molecule has 0 aromatic carbocycles. The van der Waals surface area contributed by atoms with Crippen LogP contribution in [-0.4, -0.2) is 51.3 Å². The molecule has 5 atom stereocenters. The molecule has 0 bridgehead atoms. The number of nitrogens with one attached hydrogen (secondary N) is 1. The van der Waals surface area contributed by atoms with Crippen molar-refractivity contribution in [3.05, 3.63) is 33.1 Å². The maximum absolute atomic E-state index is 15.5. The zero-order valence-electron chi connectivity index (χ0n) is 17.9. The van der Waals surface area contributed by atoms with Crippen LogP contribution in [0.15, 0.2) is 21.9 Å². The Morgan fingerprint density at radius 2 is 2.03 bits per heavy atom. The number of H-pyrrole nitrogens is 1. The molecule has 0 saturated carbocycles. The van der Waals surface area contributed by atoms with Crippen molar-refractivity contribution >= 4 is 8.53 Å². The van der Waals surface area contributed by atoms with Crippen LogP contribution in [0.4, 0.5) is 4.39 Å². The number of hydrogen-bond donors (Lipinski definition) is 1. The summed E-state index contributed by atoms with van der Waals surface area (Å²) in [6, 6.07) is 3.30. The maximum Gasteiger partial charge on any atom is 0.330 e. The van der Waals surface area contributed by atoms with E-state index in [1.54, 1.807) is 0 Å². The van der Waals surface area contributed by atoms with Gasteiger partial charge in [-0.25, -0.2) is 13.9 Å². The average Bonchev–Trinajstić information content (AvgIpc) is 2.97. The van der Waals surface area contributed by atoms with E-state index in [1.807, 2.05) is 45.4 Å². The zero-order chi connectivity index (χ0) is 22.4. The number of alkyl halides is 1. The number of rotatable bonds is 10. The predicted molar refractivity (Wildman–Crippen MR) is 111 cm³/mol. The van der Waals surface area contributed by atoms with E-state index in [0.29, 0.717) is 6.42 Å². The average molecular weight is 444 g/mol. The first-order valence-corrected chi connectivity index (χ1v) is 11.2. The van der Waals surface area contributed by atoms with E-state index in [9.17, 15) is 9.59 Å². The van der Waals surface area contributed by atoms with Crippen LogP contribution in [0.3, 0.4) is 0 Å². The molecular formula is C19H30FN4O5P. The van der Waals surface area contributed by atoms with Gasteiger partial charge in [-0.15, -0.1) is 0 Å². The largest absolute Gasteiger partial charge is 0.349 e. The lowest BCUT2D eigenvalue weighted by Crippen LogP contribution is -2.38. The minimum atomic E-state index is -1.67. The molecule has 2 heterocycles. The second-order valence-corrected chi connectivity index (χ2v) is 8.96. The summed E-state index contributed by atoms with van der Waals surface area (Å²) >= 11 is 0. The fourth-order valence-electron chi connectivity index (χ4n) is 3.40. The summed E-state index contributed by atoms with van der Waals surface area (Å²) in [4.78, 5) is 25.6. The molecule has 0 spiro atoms. The molecule has 30 heavy (non-hydrogen) atoms. The summed E-state index contributed by atoms with van der Waals surface area (Å²) in [6.07, 6.45) is -2.56. The van der Waals surface area contributed by atoms with Gasteiger partial charge in [0.25, 0.3) is 14.1 Å². The van der Waals surface area contributed by atoms with Crippen LogP contribution in [0.25, 0.3) is 0 Å². The molecule has 1 saturated heterocycles. The highest BCUT2D eigenvalue weighted by atomic mass is 31.2. The van der Waals surface area contributed by atoms with Crippen molar-refractivity contribution in [1.82, 2.24) is 14.2 Å². The summed E-state index contributed by atoms with van der Waals surface area (Å²) in [6.45, 7) is 9.97. The summed E-state index contributed by atoms with van der Waals surface area (Å²) in [5.74, 6) is 0. The van der Waals surface area contributed by atoms with Gasteiger partial charge >= 0.3 is 5.69 Å². The van der Waals surface area contributed by atoms with Crippen molar-refractivity contribution in [3.63, 3.8) is 0 Å². The van der Waals surface area contributed by atoms with E-state index in [-0.39, 0.29) is 25.1 Å². The lowest BCUT2D eigenvalue weighted by molar-refractivity contribution is -0.0273. The fraction of sp³-hybridized carbons (Fsp3) is 0.737. The molecule has 0 radical (unpaired) electrons. The van der Waals surface area contributed by atoms with Gasteiger partial charge in [0.2, 0.25) is 0 Å². The van der Waals surface area contributed by atoms with E-state index < -0.39 is 44.4 Å². The topological polar surface area (TPSA) is 110 Å². The van der Waals surface area contributed by atoms with Crippen molar-refractivity contribution in [2.24, 2.45) is 0 Å². The van der Waals surface area contributed by atoms with Crippen LogP contribution in [0, 0.1) is 11.3 Å². The molecule has 1 aromatic rings. The molecule has 1 aliphatic heterocycles. The molecule has 0 aliphatic carbocycles. The van der Waals surface area contributed by atoms with Crippen molar-refractivity contribution in [2.75, 3.05) is 6.61 Å². The molecule has 0 amide bonds. The Morgan fingerprint density at radius 1 is 1.37 bits per heavy atom. The molecule has 168 valence electrons. The second kappa shape index (κ2) is 11.1. The van der Waals surface area contributed by atoms with E-state index in [2.05, 4.69) is 4.98 Å². The molecule has 11 heteroatoms. The quantitative estimate of drug-likeness (QED) is 0.436. The SMILES string of the molecule is CC[C@@H]1O[C@H](n2ccc(=O)[nH]c2=O)[C@H](F)[C@H]1OP(OCCC#N)N(C(C)C)C(C)C. The normalized spacial score (nSPS) is 25.2. The van der Waals surface area contributed by atoms with Crippen LogP contribution in [0.5, 0.6) is 0 Å². The van der Waals surface area contributed by atoms with Gasteiger partial charge in [-0.3, -0.25) is 14.3 Å². The highest BCUT2D eigenvalue weighted by Gasteiger charge is 2.48. The Labute approximate surface area is 176 Å². The molecule has 9 nitrogen and oxygen atoms in total. The lowest BCUT2D eigenvalue weighted by Gasteiger charge is -2.37. The Bertz CT molecular complexity index is 831. The molecule has 1 aromatic heterocycles. The molecule has 1 fully saturated rings. The number of aromatic nitrogens is 2. The number of ether oxygens (including phenoxy) is 1. The van der Waals surface area contributed by atoms with Crippen molar-refractivity contribution < 1.29 is 18.2 Å². The first-order chi connectivity index (χ1) is 14.2. The molecular weight excluding hydrogens is 414 g/mol. The Balaban J connectivity index is 2.29. The van der Waals surface area contributed by atoms with Crippen LogP contribution < -0.4 is 11.2 Å². The van der Waals surface area contributed by atoms with Crippen molar-refractivity contribution in [1.29, 1.82) is 5.26 Å². The summed E-state index contributed by atoms with van der Waals surface area (Å²) in [5, 5.41) is 8.83. The van der Waals surface area contributed by atoms with Gasteiger partial charge in [0, 0.05) is 24.3 Å². The van der Waals surface area contributed by atoms with E-state index in [1.165, 1.54) is 6.20 Å². The smallest absolute Gasteiger partial charge is 0.330 e. The highest BCUT2D eigenvalue weighted by Crippen LogP contribution is 2.50. The minimum absolute atomic E-state index is 0.0660. The van der Waals surface area contributed by atoms with Gasteiger partial charge in [0.05, 0.1) is 25.2 Å². The number of halogens is 1. The Hall–Kier alpha value is -1.63. The first kappa shape index (κ1) is 24.6. The summed E-state index contributed by atoms with van der Waals surface area (Å²) in [7, 11) is -1.67. The van der Waals surface area contributed by atoms with Gasteiger partial charge in [0.1, 0.15) is 6.10 Å². The van der Waals surface area contributed by atoms with Crippen LogP contribution in [0.1, 0.15) is 53.7 Å². The number of aromatic amines is 1. The van der Waals surface area contributed by atoms with E-state index >= 15 is 4.39 Å². The van der Waals surface area contributed by atoms with Gasteiger partial charge in [0.15, 0.2) is 12.4 Å². The third kappa shape index (κ3) is 5.74. The second-order valence-electron chi connectivity index (χ2n) is 7.55. The fourth-order valence-corrected chi connectivity index (χ4v) is 5.16. The molecule has 1 unspecified atom stereocenters. The highest BCUT2D eigenvalue weighted by molar-refractivity contribution is 7.44. The van der Waals surface area contributed by atoms with Crippen molar-refractivity contribution in [2.45, 2.75) is 84.2 Å². The zero-order valence-corrected chi connectivity index (χ0v) is 18.8. The first-order valence-electron chi connectivity index (χ1n) is 10.1. The van der Waals surface area contributed by atoms with Gasteiger partial charge < -0.3 is 13.8 Å². The predicted octanol–water partition coefficient (Wildman–Crippen LogP) is 2.84. The molecule has 1 aliphatic rings.